The minimum Gasteiger partial charge on any atom is -0.339 e. The molecule has 0 bridgehead atoms. The maximum atomic E-state index is 12.6. The van der Waals surface area contributed by atoms with Gasteiger partial charge in [-0.05, 0) is 55.2 Å². The summed E-state index contributed by atoms with van der Waals surface area (Å²) in [6, 6.07) is 14.0. The first-order chi connectivity index (χ1) is 12.7. The van der Waals surface area contributed by atoms with Gasteiger partial charge in [0.1, 0.15) is 5.65 Å². The molecule has 134 valence electrons. The molecule has 4 nitrogen and oxygen atoms in total. The number of nitrogens with zero attached hydrogens (tertiary/aromatic N) is 3. The molecule has 1 aliphatic rings. The fourth-order valence-electron chi connectivity index (χ4n) is 3.30. The second-order valence-electron chi connectivity index (χ2n) is 6.99. The van der Waals surface area contributed by atoms with Crippen LogP contribution < -0.4 is 0 Å². The number of fused-ring (bicyclic) bond motifs is 1. The van der Waals surface area contributed by atoms with Gasteiger partial charge >= 0.3 is 0 Å². The Morgan fingerprint density at radius 3 is 2.65 bits per heavy atom. The summed E-state index contributed by atoms with van der Waals surface area (Å²) in [7, 11) is 0. The molecule has 3 aromatic rings. The largest absolute Gasteiger partial charge is 0.339 e. The summed E-state index contributed by atoms with van der Waals surface area (Å²) in [5.41, 5.74) is 2.82. The van der Waals surface area contributed by atoms with Crippen molar-refractivity contribution in [3.8, 4) is 0 Å². The molecule has 0 spiro atoms. The van der Waals surface area contributed by atoms with Crippen molar-refractivity contribution in [2.45, 2.75) is 30.4 Å². The molecule has 1 aliphatic heterocycles. The number of hydrogen-bond donors (Lipinski definition) is 0. The van der Waals surface area contributed by atoms with Crippen LogP contribution in [-0.4, -0.2) is 33.3 Å². The number of carbonyl (C=O) groups is 1. The van der Waals surface area contributed by atoms with Crippen LogP contribution in [0.1, 0.15) is 35.8 Å². The molecule has 0 saturated carbocycles. The SMILES string of the molecule is CC1CCN(C(=O)c2ccc(SCc3cn4ccccc4n3)cc2)CC1. The van der Waals surface area contributed by atoms with E-state index in [9.17, 15) is 4.79 Å². The maximum Gasteiger partial charge on any atom is 0.253 e. The van der Waals surface area contributed by atoms with Gasteiger partial charge in [0.05, 0.1) is 5.69 Å². The molecule has 1 amide bonds. The van der Waals surface area contributed by atoms with Crippen molar-refractivity contribution in [2.24, 2.45) is 5.92 Å². The lowest BCUT2D eigenvalue weighted by molar-refractivity contribution is 0.0697. The van der Waals surface area contributed by atoms with Crippen molar-refractivity contribution in [3.05, 3.63) is 66.1 Å². The van der Waals surface area contributed by atoms with E-state index >= 15 is 0 Å². The predicted octanol–water partition coefficient (Wildman–Crippen LogP) is 4.50. The van der Waals surface area contributed by atoms with Crippen LogP contribution in [0.3, 0.4) is 0 Å². The second kappa shape index (κ2) is 7.54. The molecule has 0 aliphatic carbocycles. The van der Waals surface area contributed by atoms with Crippen LogP contribution in [0.5, 0.6) is 0 Å². The van der Waals surface area contributed by atoms with Crippen molar-refractivity contribution in [1.82, 2.24) is 14.3 Å². The Kier molecular flexibility index (Phi) is 4.98. The number of pyridine rings is 1. The molecule has 2 aromatic heterocycles. The molecule has 0 atom stereocenters. The topological polar surface area (TPSA) is 37.6 Å². The summed E-state index contributed by atoms with van der Waals surface area (Å²) in [4.78, 5) is 20.4. The lowest BCUT2D eigenvalue weighted by atomic mass is 9.98. The molecule has 0 unspecified atom stereocenters. The quantitative estimate of drug-likeness (QED) is 0.639. The van der Waals surface area contributed by atoms with Crippen molar-refractivity contribution >= 4 is 23.3 Å². The highest BCUT2D eigenvalue weighted by Crippen LogP contribution is 2.24. The second-order valence-corrected chi connectivity index (χ2v) is 8.03. The molecule has 0 radical (unpaired) electrons. The minimum absolute atomic E-state index is 0.161. The van der Waals surface area contributed by atoms with Gasteiger partial charge in [-0.2, -0.15) is 0 Å². The highest BCUT2D eigenvalue weighted by Gasteiger charge is 2.21. The van der Waals surface area contributed by atoms with Gasteiger partial charge in [0.25, 0.3) is 5.91 Å². The lowest BCUT2D eigenvalue weighted by Crippen LogP contribution is -2.37. The Balaban J connectivity index is 1.37. The zero-order valence-electron chi connectivity index (χ0n) is 15.0. The first-order valence-electron chi connectivity index (χ1n) is 9.14. The van der Waals surface area contributed by atoms with Gasteiger partial charge < -0.3 is 9.30 Å². The molecule has 1 saturated heterocycles. The number of benzene rings is 1. The number of carbonyl (C=O) groups excluding carboxylic acids is 1. The van der Waals surface area contributed by atoms with Gasteiger partial charge in [-0.25, -0.2) is 4.98 Å². The normalized spacial score (nSPS) is 15.5. The fraction of sp³-hybridized carbons (Fsp3) is 0.333. The molecule has 26 heavy (non-hydrogen) atoms. The predicted molar refractivity (Wildman–Crippen MR) is 105 cm³/mol. The Morgan fingerprint density at radius 2 is 1.92 bits per heavy atom. The fourth-order valence-corrected chi connectivity index (χ4v) is 4.08. The Labute approximate surface area is 158 Å². The molecule has 4 rings (SSSR count). The molecule has 1 fully saturated rings. The summed E-state index contributed by atoms with van der Waals surface area (Å²) >= 11 is 1.74. The number of likely N-dealkylation sites (tertiary alicyclic amines) is 1. The Morgan fingerprint density at radius 1 is 1.15 bits per heavy atom. The van der Waals surface area contributed by atoms with Crippen LogP contribution in [0.25, 0.3) is 5.65 Å². The van der Waals surface area contributed by atoms with E-state index in [1.165, 1.54) is 0 Å². The van der Waals surface area contributed by atoms with Crippen LogP contribution in [-0.2, 0) is 5.75 Å². The van der Waals surface area contributed by atoms with E-state index in [0.29, 0.717) is 0 Å². The van der Waals surface area contributed by atoms with E-state index in [1.807, 2.05) is 58.0 Å². The monoisotopic (exact) mass is 365 g/mol. The number of imidazole rings is 1. The van der Waals surface area contributed by atoms with E-state index in [-0.39, 0.29) is 5.91 Å². The van der Waals surface area contributed by atoms with Gasteiger partial charge in [-0.15, -0.1) is 11.8 Å². The van der Waals surface area contributed by atoms with E-state index in [0.717, 1.165) is 59.4 Å². The van der Waals surface area contributed by atoms with Crippen molar-refractivity contribution in [3.63, 3.8) is 0 Å². The van der Waals surface area contributed by atoms with Gasteiger partial charge in [-0.3, -0.25) is 4.79 Å². The summed E-state index contributed by atoms with van der Waals surface area (Å²) in [6.45, 7) is 4.02. The maximum absolute atomic E-state index is 12.6. The molecule has 0 N–H and O–H groups in total. The third-order valence-corrected chi connectivity index (χ3v) is 6.02. The highest BCUT2D eigenvalue weighted by atomic mass is 32.2. The van der Waals surface area contributed by atoms with Gasteiger partial charge in [-0.1, -0.05) is 13.0 Å². The van der Waals surface area contributed by atoms with Gasteiger partial charge in [0.2, 0.25) is 0 Å². The van der Waals surface area contributed by atoms with Gasteiger partial charge in [0, 0.05) is 41.7 Å². The lowest BCUT2D eigenvalue weighted by Gasteiger charge is -2.30. The van der Waals surface area contributed by atoms with Gasteiger partial charge in [0.15, 0.2) is 0 Å². The summed E-state index contributed by atoms with van der Waals surface area (Å²) in [6.07, 6.45) is 6.30. The smallest absolute Gasteiger partial charge is 0.253 e. The van der Waals surface area contributed by atoms with Crippen LogP contribution in [0.4, 0.5) is 0 Å². The molecular formula is C21H23N3OS. The third kappa shape index (κ3) is 3.78. The number of aromatic nitrogens is 2. The van der Waals surface area contributed by atoms with Crippen LogP contribution in [0.2, 0.25) is 0 Å². The number of rotatable bonds is 4. The molecular weight excluding hydrogens is 342 g/mol. The first-order valence-corrected chi connectivity index (χ1v) is 10.1. The Bertz CT molecular complexity index is 862. The number of thioether (sulfide) groups is 1. The zero-order chi connectivity index (χ0) is 17.9. The van der Waals surface area contributed by atoms with Crippen LogP contribution in [0.15, 0.2) is 59.8 Å². The minimum atomic E-state index is 0.161. The number of piperidine rings is 1. The average molecular weight is 366 g/mol. The van der Waals surface area contributed by atoms with Crippen LogP contribution in [0, 0.1) is 5.92 Å². The highest BCUT2D eigenvalue weighted by molar-refractivity contribution is 7.98. The van der Waals surface area contributed by atoms with Crippen LogP contribution >= 0.6 is 11.8 Å². The van der Waals surface area contributed by atoms with Crippen molar-refractivity contribution in [1.29, 1.82) is 0 Å². The van der Waals surface area contributed by atoms with E-state index in [4.69, 9.17) is 0 Å². The number of amides is 1. The van der Waals surface area contributed by atoms with Crippen molar-refractivity contribution < 1.29 is 4.79 Å². The standard InChI is InChI=1S/C21H23N3OS/c1-16-9-12-23(13-10-16)21(25)17-5-7-19(8-6-17)26-15-18-14-24-11-3-2-4-20(24)22-18/h2-8,11,14,16H,9-10,12-13,15H2,1H3. The van der Waals surface area contributed by atoms with E-state index < -0.39 is 0 Å². The molecule has 5 heteroatoms. The molecule has 1 aromatic carbocycles. The molecule has 3 heterocycles. The van der Waals surface area contributed by atoms with E-state index in [2.05, 4.69) is 18.1 Å². The summed E-state index contributed by atoms with van der Waals surface area (Å²) in [5, 5.41) is 0. The zero-order valence-corrected chi connectivity index (χ0v) is 15.8. The van der Waals surface area contributed by atoms with Crippen molar-refractivity contribution in [2.75, 3.05) is 13.1 Å². The van der Waals surface area contributed by atoms with E-state index in [1.54, 1.807) is 11.8 Å². The Hall–Kier alpha value is -2.27. The third-order valence-electron chi connectivity index (χ3n) is 4.97. The average Bonchev–Trinajstić information content (AvgIpc) is 3.10. The summed E-state index contributed by atoms with van der Waals surface area (Å²) in [5.74, 6) is 1.71. The summed E-state index contributed by atoms with van der Waals surface area (Å²) < 4.78 is 2.04. The first kappa shape index (κ1) is 17.2. The number of hydrogen-bond acceptors (Lipinski definition) is 3.